The van der Waals surface area contributed by atoms with Gasteiger partial charge in [-0.2, -0.15) is 0 Å². The molecule has 17 heavy (non-hydrogen) atoms. The third kappa shape index (κ3) is 8.62. The Morgan fingerprint density at radius 2 is 1.29 bits per heavy atom. The molecule has 0 bridgehead atoms. The Labute approximate surface area is 108 Å². The topological polar surface area (TPSA) is 18.5 Å². The minimum atomic E-state index is -0.00871. The summed E-state index contributed by atoms with van der Waals surface area (Å²) in [5, 5.41) is 0. The quantitative estimate of drug-likeness (QED) is 0.363. The molecule has 0 rings (SSSR count). The summed E-state index contributed by atoms with van der Waals surface area (Å²) in [6.07, 6.45) is 11.8. The predicted octanol–water partition coefficient (Wildman–Crippen LogP) is 4.77. The number of ether oxygens (including phenoxy) is 2. The second-order valence-corrected chi connectivity index (χ2v) is 4.94. The Kier molecular flexibility index (Phi) is 12.3. The molecule has 0 aliphatic carbocycles. The van der Waals surface area contributed by atoms with Gasteiger partial charge in [-0.25, -0.2) is 0 Å². The van der Waals surface area contributed by atoms with Gasteiger partial charge in [0.1, 0.15) is 0 Å². The van der Waals surface area contributed by atoms with E-state index in [1.165, 1.54) is 57.8 Å². The fourth-order valence-electron chi connectivity index (χ4n) is 2.46. The number of methoxy groups -OCH3 is 2. The molecule has 0 aliphatic rings. The molecule has 0 fully saturated rings. The van der Waals surface area contributed by atoms with Gasteiger partial charge in [-0.05, 0) is 12.8 Å². The van der Waals surface area contributed by atoms with E-state index in [0.717, 1.165) is 0 Å². The minimum Gasteiger partial charge on any atom is -0.356 e. The van der Waals surface area contributed by atoms with Crippen molar-refractivity contribution in [1.82, 2.24) is 0 Å². The maximum Gasteiger partial charge on any atom is 0.159 e. The molecule has 0 aliphatic heterocycles. The smallest absolute Gasteiger partial charge is 0.159 e. The third-order valence-corrected chi connectivity index (χ3v) is 3.44. The maximum atomic E-state index is 5.39. The maximum absolute atomic E-state index is 5.39. The lowest BCUT2D eigenvalue weighted by Gasteiger charge is -2.24. The van der Waals surface area contributed by atoms with E-state index in [0.29, 0.717) is 5.92 Å². The molecule has 2 nitrogen and oxygen atoms in total. The SMILES string of the molecule is CCCCCCCCC(CCC)C(OC)OC. The number of unbranched alkanes of at least 4 members (excludes halogenated alkanes) is 5. The molecule has 0 aromatic heterocycles. The summed E-state index contributed by atoms with van der Waals surface area (Å²) in [6.45, 7) is 4.50. The summed E-state index contributed by atoms with van der Waals surface area (Å²) in [7, 11) is 3.50. The summed E-state index contributed by atoms with van der Waals surface area (Å²) >= 11 is 0. The second-order valence-electron chi connectivity index (χ2n) is 4.94. The van der Waals surface area contributed by atoms with E-state index in [1.807, 2.05) is 0 Å². The number of rotatable bonds is 12. The van der Waals surface area contributed by atoms with Crippen LogP contribution < -0.4 is 0 Å². The Hall–Kier alpha value is -0.0800. The van der Waals surface area contributed by atoms with Crippen LogP contribution in [-0.4, -0.2) is 20.5 Å². The van der Waals surface area contributed by atoms with Crippen LogP contribution in [0.4, 0.5) is 0 Å². The molecule has 0 spiro atoms. The predicted molar refractivity (Wildman–Crippen MR) is 74.2 cm³/mol. The Morgan fingerprint density at radius 1 is 0.706 bits per heavy atom. The lowest BCUT2D eigenvalue weighted by molar-refractivity contribution is -0.140. The van der Waals surface area contributed by atoms with Crippen molar-refractivity contribution in [3.05, 3.63) is 0 Å². The van der Waals surface area contributed by atoms with Crippen molar-refractivity contribution in [3.63, 3.8) is 0 Å². The first-order chi connectivity index (χ1) is 8.29. The van der Waals surface area contributed by atoms with E-state index < -0.39 is 0 Å². The summed E-state index contributed by atoms with van der Waals surface area (Å²) < 4.78 is 10.8. The van der Waals surface area contributed by atoms with Crippen molar-refractivity contribution < 1.29 is 9.47 Å². The molecular formula is C15H32O2. The summed E-state index contributed by atoms with van der Waals surface area (Å²) in [6, 6.07) is 0. The van der Waals surface area contributed by atoms with Crippen LogP contribution in [0.25, 0.3) is 0 Å². The largest absolute Gasteiger partial charge is 0.356 e. The van der Waals surface area contributed by atoms with Crippen LogP contribution in [0.1, 0.15) is 71.6 Å². The molecule has 0 saturated heterocycles. The van der Waals surface area contributed by atoms with Crippen LogP contribution in [0.5, 0.6) is 0 Å². The van der Waals surface area contributed by atoms with E-state index in [4.69, 9.17) is 9.47 Å². The zero-order valence-electron chi connectivity index (χ0n) is 12.3. The van der Waals surface area contributed by atoms with Crippen molar-refractivity contribution in [1.29, 1.82) is 0 Å². The van der Waals surface area contributed by atoms with Gasteiger partial charge in [-0.3, -0.25) is 0 Å². The average molecular weight is 244 g/mol. The van der Waals surface area contributed by atoms with Crippen molar-refractivity contribution in [2.24, 2.45) is 5.92 Å². The zero-order valence-corrected chi connectivity index (χ0v) is 12.3. The number of hydrogen-bond donors (Lipinski definition) is 0. The van der Waals surface area contributed by atoms with Crippen LogP contribution in [0.15, 0.2) is 0 Å². The lowest BCUT2D eigenvalue weighted by atomic mass is 9.95. The van der Waals surface area contributed by atoms with E-state index in [9.17, 15) is 0 Å². The first-order valence-electron chi connectivity index (χ1n) is 7.35. The van der Waals surface area contributed by atoms with Crippen molar-refractivity contribution >= 4 is 0 Å². The van der Waals surface area contributed by atoms with Crippen LogP contribution in [0.2, 0.25) is 0 Å². The van der Waals surface area contributed by atoms with Crippen LogP contribution in [0.3, 0.4) is 0 Å². The highest BCUT2D eigenvalue weighted by molar-refractivity contribution is 4.63. The molecule has 0 heterocycles. The molecule has 0 aromatic carbocycles. The van der Waals surface area contributed by atoms with Gasteiger partial charge in [0.15, 0.2) is 6.29 Å². The van der Waals surface area contributed by atoms with Crippen LogP contribution in [0, 0.1) is 5.92 Å². The Balaban J connectivity index is 3.69. The van der Waals surface area contributed by atoms with Gasteiger partial charge < -0.3 is 9.47 Å². The van der Waals surface area contributed by atoms with Crippen LogP contribution in [-0.2, 0) is 9.47 Å². The molecule has 0 saturated carbocycles. The molecular weight excluding hydrogens is 212 g/mol. The molecule has 1 atom stereocenters. The standard InChI is InChI=1S/C15H32O2/c1-5-7-8-9-10-11-13-14(12-6-2)15(16-3)17-4/h14-15H,5-13H2,1-4H3. The molecule has 0 N–H and O–H groups in total. The normalized spacial score (nSPS) is 13.2. The lowest BCUT2D eigenvalue weighted by Crippen LogP contribution is -2.24. The van der Waals surface area contributed by atoms with Crippen molar-refractivity contribution in [2.75, 3.05) is 14.2 Å². The monoisotopic (exact) mass is 244 g/mol. The van der Waals surface area contributed by atoms with E-state index in [2.05, 4.69) is 13.8 Å². The molecule has 0 radical (unpaired) electrons. The zero-order chi connectivity index (χ0) is 12.9. The van der Waals surface area contributed by atoms with Gasteiger partial charge in [0.25, 0.3) is 0 Å². The third-order valence-electron chi connectivity index (χ3n) is 3.44. The molecule has 1 unspecified atom stereocenters. The highest BCUT2D eigenvalue weighted by Gasteiger charge is 2.19. The first kappa shape index (κ1) is 16.9. The molecule has 2 heteroatoms. The molecule has 0 aromatic rings. The Bertz CT molecular complexity index is 144. The van der Waals surface area contributed by atoms with Gasteiger partial charge in [-0.1, -0.05) is 58.8 Å². The second kappa shape index (κ2) is 12.4. The fourth-order valence-corrected chi connectivity index (χ4v) is 2.46. The van der Waals surface area contributed by atoms with E-state index >= 15 is 0 Å². The first-order valence-corrected chi connectivity index (χ1v) is 7.35. The molecule has 0 amide bonds. The van der Waals surface area contributed by atoms with Crippen molar-refractivity contribution in [3.8, 4) is 0 Å². The van der Waals surface area contributed by atoms with Gasteiger partial charge >= 0.3 is 0 Å². The number of hydrogen-bond acceptors (Lipinski definition) is 2. The minimum absolute atomic E-state index is 0.00871. The Morgan fingerprint density at radius 3 is 1.82 bits per heavy atom. The van der Waals surface area contributed by atoms with Gasteiger partial charge in [0.2, 0.25) is 0 Å². The molecule has 104 valence electrons. The van der Waals surface area contributed by atoms with E-state index in [-0.39, 0.29) is 6.29 Å². The van der Waals surface area contributed by atoms with Gasteiger partial charge in [0.05, 0.1) is 0 Å². The summed E-state index contributed by atoms with van der Waals surface area (Å²) in [5.74, 6) is 0.571. The highest BCUT2D eigenvalue weighted by Crippen LogP contribution is 2.22. The summed E-state index contributed by atoms with van der Waals surface area (Å²) in [5.41, 5.74) is 0. The van der Waals surface area contributed by atoms with Crippen molar-refractivity contribution in [2.45, 2.75) is 77.9 Å². The van der Waals surface area contributed by atoms with Gasteiger partial charge in [-0.15, -0.1) is 0 Å². The summed E-state index contributed by atoms with van der Waals surface area (Å²) in [4.78, 5) is 0. The highest BCUT2D eigenvalue weighted by atomic mass is 16.7. The van der Waals surface area contributed by atoms with Crippen LogP contribution >= 0.6 is 0 Å². The average Bonchev–Trinajstić information content (AvgIpc) is 2.35. The van der Waals surface area contributed by atoms with Gasteiger partial charge in [0, 0.05) is 20.1 Å². The van der Waals surface area contributed by atoms with E-state index in [1.54, 1.807) is 14.2 Å². The fraction of sp³-hybridized carbons (Fsp3) is 1.00.